The maximum Gasteiger partial charge on any atom is 0.319 e. The zero-order valence-electron chi connectivity index (χ0n) is 11.6. The third-order valence-electron chi connectivity index (χ3n) is 3.93. The van der Waals surface area contributed by atoms with Crippen LogP contribution in [0.2, 0.25) is 0 Å². The van der Waals surface area contributed by atoms with Crippen molar-refractivity contribution in [1.29, 1.82) is 0 Å². The first kappa shape index (κ1) is 13.6. The Morgan fingerprint density at radius 1 is 1.05 bits per heavy atom. The van der Waals surface area contributed by atoms with E-state index in [1.54, 1.807) is 12.1 Å². The highest BCUT2D eigenvalue weighted by Gasteiger charge is 2.44. The molecule has 0 bridgehead atoms. The Morgan fingerprint density at radius 3 is 2.33 bits per heavy atom. The lowest BCUT2D eigenvalue weighted by Gasteiger charge is -2.17. The van der Waals surface area contributed by atoms with E-state index < -0.39 is 0 Å². The molecule has 0 heterocycles. The Balaban J connectivity index is 1.56. The maximum absolute atomic E-state index is 12.8. The van der Waals surface area contributed by atoms with Crippen LogP contribution >= 0.6 is 0 Å². The molecule has 0 saturated heterocycles. The summed E-state index contributed by atoms with van der Waals surface area (Å²) in [6.07, 6.45) is 2.18. The molecule has 0 aliphatic heterocycles. The third-order valence-corrected chi connectivity index (χ3v) is 3.93. The number of rotatable bonds is 4. The van der Waals surface area contributed by atoms with Gasteiger partial charge in [-0.1, -0.05) is 30.3 Å². The Hall–Kier alpha value is -2.36. The molecule has 1 aliphatic rings. The lowest BCUT2D eigenvalue weighted by molar-refractivity contribution is 0.251. The molecule has 0 spiro atoms. The summed E-state index contributed by atoms with van der Waals surface area (Å²) < 4.78 is 12.8. The number of hydrogen-bond acceptors (Lipinski definition) is 1. The van der Waals surface area contributed by atoms with Crippen LogP contribution in [0.5, 0.6) is 0 Å². The van der Waals surface area contributed by atoms with Gasteiger partial charge in [0, 0.05) is 17.6 Å². The molecule has 1 aliphatic carbocycles. The van der Waals surface area contributed by atoms with E-state index in [-0.39, 0.29) is 17.3 Å². The van der Waals surface area contributed by atoms with Crippen molar-refractivity contribution in [1.82, 2.24) is 5.32 Å². The average molecular weight is 284 g/mol. The number of amides is 2. The van der Waals surface area contributed by atoms with Gasteiger partial charge in [-0.3, -0.25) is 0 Å². The van der Waals surface area contributed by atoms with E-state index in [1.807, 2.05) is 18.2 Å². The van der Waals surface area contributed by atoms with Crippen molar-refractivity contribution in [3.05, 3.63) is 66.0 Å². The fourth-order valence-electron chi connectivity index (χ4n) is 2.47. The van der Waals surface area contributed by atoms with Crippen molar-refractivity contribution in [3.63, 3.8) is 0 Å². The van der Waals surface area contributed by atoms with Crippen LogP contribution in [0.3, 0.4) is 0 Å². The van der Waals surface area contributed by atoms with Gasteiger partial charge in [0.15, 0.2) is 0 Å². The second-order valence-corrected chi connectivity index (χ2v) is 5.46. The van der Waals surface area contributed by atoms with Crippen LogP contribution in [0.1, 0.15) is 18.4 Å². The fraction of sp³-hybridized carbons (Fsp3) is 0.235. The van der Waals surface area contributed by atoms with Crippen LogP contribution in [0, 0.1) is 5.82 Å². The normalized spacial score (nSPS) is 15.3. The van der Waals surface area contributed by atoms with Crippen LogP contribution in [-0.4, -0.2) is 12.6 Å². The van der Waals surface area contributed by atoms with Crippen molar-refractivity contribution in [2.24, 2.45) is 0 Å². The molecule has 4 heteroatoms. The number of benzene rings is 2. The number of hydrogen-bond donors (Lipinski definition) is 2. The second-order valence-electron chi connectivity index (χ2n) is 5.46. The molecule has 0 atom stereocenters. The van der Waals surface area contributed by atoms with Crippen molar-refractivity contribution < 1.29 is 9.18 Å². The predicted molar refractivity (Wildman–Crippen MR) is 80.8 cm³/mol. The lowest BCUT2D eigenvalue weighted by atomic mass is 9.96. The minimum atomic E-state index is -0.318. The summed E-state index contributed by atoms with van der Waals surface area (Å²) in [6, 6.07) is 15.7. The first-order chi connectivity index (χ1) is 10.2. The molecular formula is C17H17FN2O. The van der Waals surface area contributed by atoms with Crippen LogP contribution in [0.15, 0.2) is 54.6 Å². The number of nitrogens with one attached hydrogen (secondary N) is 2. The Labute approximate surface area is 123 Å². The summed E-state index contributed by atoms with van der Waals surface area (Å²) in [6.45, 7) is 0.615. The molecule has 3 nitrogen and oxygen atoms in total. The Morgan fingerprint density at radius 2 is 1.71 bits per heavy atom. The smallest absolute Gasteiger partial charge is 0.319 e. The number of carbonyl (C=O) groups is 1. The molecule has 2 aromatic rings. The van der Waals surface area contributed by atoms with Crippen LogP contribution < -0.4 is 10.6 Å². The van der Waals surface area contributed by atoms with E-state index in [2.05, 4.69) is 22.8 Å². The zero-order chi connectivity index (χ0) is 14.7. The number of halogens is 1. The monoisotopic (exact) mass is 284 g/mol. The minimum absolute atomic E-state index is 0.0847. The van der Waals surface area contributed by atoms with Gasteiger partial charge >= 0.3 is 6.03 Å². The van der Waals surface area contributed by atoms with Gasteiger partial charge in [-0.2, -0.15) is 0 Å². The molecule has 1 fully saturated rings. The van der Waals surface area contributed by atoms with E-state index in [0.717, 1.165) is 12.8 Å². The summed E-state index contributed by atoms with van der Waals surface area (Å²) in [5.41, 5.74) is 1.94. The molecule has 2 N–H and O–H groups in total. The van der Waals surface area contributed by atoms with Gasteiger partial charge in [-0.15, -0.1) is 0 Å². The molecule has 1 saturated carbocycles. The molecule has 0 aromatic heterocycles. The average Bonchev–Trinajstić information content (AvgIpc) is 3.30. The second kappa shape index (κ2) is 5.56. The summed E-state index contributed by atoms with van der Waals surface area (Å²) >= 11 is 0. The highest BCUT2D eigenvalue weighted by molar-refractivity contribution is 5.89. The van der Waals surface area contributed by atoms with Crippen LogP contribution in [-0.2, 0) is 5.41 Å². The summed E-state index contributed by atoms with van der Waals surface area (Å²) in [5, 5.41) is 5.61. The van der Waals surface area contributed by atoms with Gasteiger partial charge in [-0.25, -0.2) is 9.18 Å². The van der Waals surface area contributed by atoms with Gasteiger partial charge in [0.2, 0.25) is 0 Å². The minimum Gasteiger partial charge on any atom is -0.337 e. The van der Waals surface area contributed by atoms with E-state index in [0.29, 0.717) is 12.2 Å². The maximum atomic E-state index is 12.8. The summed E-state index contributed by atoms with van der Waals surface area (Å²) in [4.78, 5) is 11.9. The lowest BCUT2D eigenvalue weighted by Crippen LogP contribution is -2.35. The van der Waals surface area contributed by atoms with Crippen molar-refractivity contribution >= 4 is 11.7 Å². The van der Waals surface area contributed by atoms with E-state index in [4.69, 9.17) is 0 Å². The third kappa shape index (κ3) is 3.21. The molecule has 2 amide bonds. The van der Waals surface area contributed by atoms with E-state index in [9.17, 15) is 9.18 Å². The molecule has 21 heavy (non-hydrogen) atoms. The summed E-state index contributed by atoms with van der Waals surface area (Å²) in [5.74, 6) is -0.318. The Bertz CT molecular complexity index is 621. The first-order valence-corrected chi connectivity index (χ1v) is 7.04. The highest BCUT2D eigenvalue weighted by Crippen LogP contribution is 2.47. The molecule has 0 radical (unpaired) electrons. The first-order valence-electron chi connectivity index (χ1n) is 7.04. The topological polar surface area (TPSA) is 41.1 Å². The number of carbonyl (C=O) groups excluding carboxylic acids is 1. The van der Waals surface area contributed by atoms with E-state index in [1.165, 1.54) is 17.7 Å². The number of urea groups is 1. The van der Waals surface area contributed by atoms with Crippen molar-refractivity contribution in [2.45, 2.75) is 18.3 Å². The van der Waals surface area contributed by atoms with E-state index >= 15 is 0 Å². The molecule has 3 rings (SSSR count). The largest absolute Gasteiger partial charge is 0.337 e. The van der Waals surface area contributed by atoms with Gasteiger partial charge in [0.05, 0.1) is 0 Å². The predicted octanol–water partition coefficient (Wildman–Crippen LogP) is 3.68. The fourth-order valence-corrected chi connectivity index (χ4v) is 2.47. The van der Waals surface area contributed by atoms with Gasteiger partial charge < -0.3 is 10.6 Å². The highest BCUT2D eigenvalue weighted by atomic mass is 19.1. The zero-order valence-corrected chi connectivity index (χ0v) is 11.6. The van der Waals surface area contributed by atoms with Crippen molar-refractivity contribution in [2.75, 3.05) is 11.9 Å². The number of anilines is 1. The summed E-state index contributed by atoms with van der Waals surface area (Å²) in [7, 11) is 0. The molecule has 2 aromatic carbocycles. The molecular weight excluding hydrogens is 267 g/mol. The van der Waals surface area contributed by atoms with Gasteiger partial charge in [0.1, 0.15) is 5.82 Å². The molecule has 0 unspecified atom stereocenters. The van der Waals surface area contributed by atoms with Crippen LogP contribution in [0.4, 0.5) is 14.9 Å². The Kier molecular flexibility index (Phi) is 3.60. The SMILES string of the molecule is O=C(NCC1(c2ccccc2)CC1)Nc1ccc(F)cc1. The van der Waals surface area contributed by atoms with Crippen LogP contribution in [0.25, 0.3) is 0 Å². The van der Waals surface area contributed by atoms with Crippen molar-refractivity contribution in [3.8, 4) is 0 Å². The molecule has 108 valence electrons. The standard InChI is InChI=1S/C17H17FN2O/c18-14-6-8-15(9-7-14)20-16(21)19-12-17(10-11-17)13-4-2-1-3-5-13/h1-9H,10-12H2,(H2,19,20,21). The van der Waals surface area contributed by atoms with Gasteiger partial charge in [0.25, 0.3) is 0 Å². The quantitative estimate of drug-likeness (QED) is 0.883. The van der Waals surface area contributed by atoms with Gasteiger partial charge in [-0.05, 0) is 42.7 Å².